The van der Waals surface area contributed by atoms with Crippen LogP contribution in [-0.4, -0.2) is 57.5 Å². The fraction of sp³-hybridized carbons (Fsp3) is 0.222. The molecule has 1 atom stereocenters. The molecule has 1 unspecified atom stereocenters. The molecule has 1 amide bonds. The van der Waals surface area contributed by atoms with Crippen LogP contribution < -0.4 is 19.1 Å². The third kappa shape index (κ3) is 4.64. The predicted octanol–water partition coefficient (Wildman–Crippen LogP) is 5.90. The standard InChI is InChI=1S/C27H22ClN5O5S/c1-13-4-18(23-19(5-13)31-21(36-3)10-30-23)26-32-22-14(2)6-20-24(25(22)39-26)37-12-17(38-20)11-33(27(34)35)16-7-15(28)8-29-9-16/h4-10,17H,11-12H2,1-3H3,(H,34,35). The predicted molar refractivity (Wildman–Crippen MR) is 149 cm³/mol. The Morgan fingerprint density at radius 3 is 2.79 bits per heavy atom. The molecule has 3 aromatic heterocycles. The lowest BCUT2D eigenvalue weighted by molar-refractivity contribution is 0.0961. The quantitative estimate of drug-likeness (QED) is 0.278. The van der Waals surface area contributed by atoms with Gasteiger partial charge in [-0.1, -0.05) is 11.6 Å². The van der Waals surface area contributed by atoms with Gasteiger partial charge in [0, 0.05) is 11.8 Å². The summed E-state index contributed by atoms with van der Waals surface area (Å²) in [6.07, 6.45) is 2.81. The maximum absolute atomic E-state index is 12.0. The number of fused-ring (bicyclic) bond motifs is 4. The first-order valence-corrected chi connectivity index (χ1v) is 13.2. The van der Waals surface area contributed by atoms with Crippen molar-refractivity contribution in [2.75, 3.05) is 25.2 Å². The van der Waals surface area contributed by atoms with Crippen molar-refractivity contribution in [2.24, 2.45) is 0 Å². The molecule has 0 saturated heterocycles. The van der Waals surface area contributed by atoms with Crippen molar-refractivity contribution in [3.63, 3.8) is 0 Å². The van der Waals surface area contributed by atoms with Crippen LogP contribution in [0, 0.1) is 13.8 Å². The van der Waals surface area contributed by atoms with Crippen LogP contribution in [0.3, 0.4) is 0 Å². The highest BCUT2D eigenvalue weighted by molar-refractivity contribution is 7.22. The zero-order chi connectivity index (χ0) is 27.3. The van der Waals surface area contributed by atoms with E-state index < -0.39 is 12.2 Å². The number of amides is 1. The number of benzene rings is 2. The Balaban J connectivity index is 1.35. The van der Waals surface area contributed by atoms with E-state index in [4.69, 9.17) is 30.8 Å². The van der Waals surface area contributed by atoms with Gasteiger partial charge in [-0.2, -0.15) is 0 Å². The number of aromatic nitrogens is 4. The molecule has 1 N–H and O–H groups in total. The lowest BCUT2D eigenvalue weighted by atomic mass is 10.1. The van der Waals surface area contributed by atoms with E-state index in [-0.39, 0.29) is 13.2 Å². The van der Waals surface area contributed by atoms with Gasteiger partial charge in [0.2, 0.25) is 5.88 Å². The van der Waals surface area contributed by atoms with Crippen molar-refractivity contribution < 1.29 is 24.1 Å². The van der Waals surface area contributed by atoms with Gasteiger partial charge in [-0.15, -0.1) is 11.3 Å². The van der Waals surface area contributed by atoms with Crippen molar-refractivity contribution >= 4 is 56.0 Å². The fourth-order valence-electron chi connectivity index (χ4n) is 4.56. The molecule has 1 aliphatic heterocycles. The average Bonchev–Trinajstić information content (AvgIpc) is 3.37. The van der Waals surface area contributed by atoms with Crippen molar-refractivity contribution in [1.82, 2.24) is 19.9 Å². The smallest absolute Gasteiger partial charge is 0.411 e. The summed E-state index contributed by atoms with van der Waals surface area (Å²) in [5.74, 6) is 1.58. The van der Waals surface area contributed by atoms with Crippen LogP contribution in [-0.2, 0) is 0 Å². The van der Waals surface area contributed by atoms with Crippen LogP contribution in [0.15, 0.2) is 42.9 Å². The number of anilines is 1. The van der Waals surface area contributed by atoms with Crippen molar-refractivity contribution in [3.05, 3.63) is 59.0 Å². The molecular weight excluding hydrogens is 542 g/mol. The average molecular weight is 564 g/mol. The Morgan fingerprint density at radius 1 is 1.18 bits per heavy atom. The van der Waals surface area contributed by atoms with Gasteiger partial charge in [0.1, 0.15) is 16.3 Å². The first-order chi connectivity index (χ1) is 18.8. The Labute approximate surface area is 231 Å². The molecule has 0 bridgehead atoms. The van der Waals surface area contributed by atoms with Gasteiger partial charge in [0.25, 0.3) is 0 Å². The monoisotopic (exact) mass is 563 g/mol. The van der Waals surface area contributed by atoms with Crippen LogP contribution >= 0.6 is 22.9 Å². The Kier molecular flexibility index (Phi) is 6.32. The zero-order valence-electron chi connectivity index (χ0n) is 21.1. The van der Waals surface area contributed by atoms with Crippen LogP contribution in [0.4, 0.5) is 10.5 Å². The Hall–Kier alpha value is -4.22. The molecule has 5 aromatic rings. The van der Waals surface area contributed by atoms with E-state index in [1.807, 2.05) is 32.0 Å². The Bertz CT molecular complexity index is 1760. The highest BCUT2D eigenvalue weighted by Gasteiger charge is 2.30. The second-order valence-electron chi connectivity index (χ2n) is 9.12. The van der Waals surface area contributed by atoms with Crippen molar-refractivity contribution in [3.8, 4) is 28.0 Å². The van der Waals surface area contributed by atoms with Gasteiger partial charge in [-0.3, -0.25) is 9.88 Å². The molecule has 0 saturated carbocycles. The molecular formula is C27H22ClN5O5S. The molecule has 12 heteroatoms. The number of thiazole rings is 1. The molecule has 0 fully saturated rings. The van der Waals surface area contributed by atoms with Crippen LogP contribution in [0.1, 0.15) is 11.1 Å². The van der Waals surface area contributed by atoms with E-state index in [1.54, 1.807) is 19.4 Å². The van der Waals surface area contributed by atoms with Gasteiger partial charge in [-0.25, -0.2) is 19.7 Å². The number of methoxy groups -OCH3 is 1. The van der Waals surface area contributed by atoms with E-state index in [9.17, 15) is 9.90 Å². The van der Waals surface area contributed by atoms with E-state index in [2.05, 4.69) is 15.0 Å². The lowest BCUT2D eigenvalue weighted by Crippen LogP contribution is -2.43. The highest BCUT2D eigenvalue weighted by atomic mass is 35.5. The summed E-state index contributed by atoms with van der Waals surface area (Å²) in [5, 5.41) is 10.9. The third-order valence-corrected chi connectivity index (χ3v) is 7.61. The minimum Gasteiger partial charge on any atom is -0.484 e. The number of carboxylic acid groups (broad SMARTS) is 1. The van der Waals surface area contributed by atoms with E-state index in [0.29, 0.717) is 28.1 Å². The van der Waals surface area contributed by atoms with Crippen molar-refractivity contribution in [2.45, 2.75) is 20.0 Å². The van der Waals surface area contributed by atoms with Crippen LogP contribution in [0.5, 0.6) is 17.4 Å². The number of halogens is 1. The van der Waals surface area contributed by atoms with Gasteiger partial charge >= 0.3 is 6.09 Å². The number of pyridine rings is 1. The van der Waals surface area contributed by atoms with Gasteiger partial charge < -0.3 is 19.3 Å². The molecule has 0 radical (unpaired) electrons. The molecule has 198 valence electrons. The summed E-state index contributed by atoms with van der Waals surface area (Å²) in [5.41, 5.74) is 5.43. The maximum atomic E-state index is 12.0. The summed E-state index contributed by atoms with van der Waals surface area (Å²) in [7, 11) is 1.56. The van der Waals surface area contributed by atoms with E-state index in [0.717, 1.165) is 47.8 Å². The van der Waals surface area contributed by atoms with Crippen molar-refractivity contribution in [1.29, 1.82) is 0 Å². The largest absolute Gasteiger partial charge is 0.484 e. The topological polar surface area (TPSA) is 120 Å². The Morgan fingerprint density at radius 2 is 2.03 bits per heavy atom. The summed E-state index contributed by atoms with van der Waals surface area (Å²) in [6, 6.07) is 7.42. The normalized spacial score (nSPS) is 14.5. The van der Waals surface area contributed by atoms with Gasteiger partial charge in [0.15, 0.2) is 17.6 Å². The number of nitrogens with zero attached hydrogens (tertiary/aromatic N) is 5. The number of aryl methyl sites for hydroxylation is 2. The van der Waals surface area contributed by atoms with E-state index in [1.165, 1.54) is 23.7 Å². The molecule has 10 nitrogen and oxygen atoms in total. The number of carbonyl (C=O) groups is 1. The number of hydrogen-bond donors (Lipinski definition) is 1. The van der Waals surface area contributed by atoms with Gasteiger partial charge in [-0.05, 0) is 49.2 Å². The molecule has 0 aliphatic carbocycles. The summed E-state index contributed by atoms with van der Waals surface area (Å²) in [4.78, 5) is 31.2. The fourth-order valence-corrected chi connectivity index (χ4v) is 5.88. The highest BCUT2D eigenvalue weighted by Crippen LogP contribution is 2.46. The minimum absolute atomic E-state index is 0.0409. The summed E-state index contributed by atoms with van der Waals surface area (Å²) in [6.45, 7) is 4.16. The molecule has 0 spiro atoms. The number of hydrogen-bond acceptors (Lipinski definition) is 9. The minimum atomic E-state index is -1.14. The zero-order valence-corrected chi connectivity index (χ0v) is 22.7. The number of rotatable bonds is 5. The number of ether oxygens (including phenoxy) is 3. The molecule has 39 heavy (non-hydrogen) atoms. The SMILES string of the molecule is COc1cnc2c(-c3nc4c(C)cc5c(c4s3)OCC(CN(C(=O)O)c3cncc(Cl)c3)O5)cc(C)cc2n1. The lowest BCUT2D eigenvalue weighted by Gasteiger charge is -2.30. The summed E-state index contributed by atoms with van der Waals surface area (Å²) < 4.78 is 18.5. The molecule has 2 aromatic carbocycles. The van der Waals surface area contributed by atoms with Crippen LogP contribution in [0.25, 0.3) is 31.8 Å². The van der Waals surface area contributed by atoms with E-state index >= 15 is 0 Å². The second-order valence-corrected chi connectivity index (χ2v) is 10.6. The second kappa shape index (κ2) is 9.83. The first-order valence-electron chi connectivity index (χ1n) is 12.0. The first kappa shape index (κ1) is 25.1. The molecule has 4 heterocycles. The molecule has 6 rings (SSSR count). The summed E-state index contributed by atoms with van der Waals surface area (Å²) >= 11 is 7.51. The third-order valence-electron chi connectivity index (χ3n) is 6.31. The molecule has 1 aliphatic rings. The maximum Gasteiger partial charge on any atom is 0.411 e. The van der Waals surface area contributed by atoms with Gasteiger partial charge in [0.05, 0.1) is 53.3 Å². The van der Waals surface area contributed by atoms with Crippen LogP contribution in [0.2, 0.25) is 5.02 Å².